The second kappa shape index (κ2) is 7.92. The predicted molar refractivity (Wildman–Crippen MR) is 104 cm³/mol. The first-order chi connectivity index (χ1) is 13.3. The minimum Gasteiger partial charge on any atom is -0.334 e. The third-order valence-electron chi connectivity index (χ3n) is 4.96. The van der Waals surface area contributed by atoms with E-state index in [4.69, 9.17) is 4.52 Å². The molecule has 0 bridgehead atoms. The van der Waals surface area contributed by atoms with Crippen LogP contribution >= 0.6 is 12.4 Å². The van der Waals surface area contributed by atoms with Crippen LogP contribution in [0.2, 0.25) is 0 Å². The van der Waals surface area contributed by atoms with Gasteiger partial charge in [0.15, 0.2) is 5.82 Å². The summed E-state index contributed by atoms with van der Waals surface area (Å²) in [4.78, 5) is 10.4. The third-order valence-corrected chi connectivity index (χ3v) is 4.96. The third kappa shape index (κ3) is 3.96. The minimum absolute atomic E-state index is 0. The standard InChI is InChI=1S/C18H21F3N6O.ClH/c1-10(2)27-13-5-4-11(8-12(13)23-17(27)18(19,20)21)16-24-15(25-28-16)14-9-22-6-7-26(14)3;/h4-5,8,10,14,22H,6-7,9H2,1-3H3;1H. The van der Waals surface area contributed by atoms with Gasteiger partial charge in [-0.1, -0.05) is 5.16 Å². The van der Waals surface area contributed by atoms with Crippen LogP contribution in [0, 0.1) is 0 Å². The number of rotatable bonds is 3. The second-order valence-electron chi connectivity index (χ2n) is 7.26. The average Bonchev–Trinajstić information content (AvgIpc) is 3.26. The fourth-order valence-electron chi connectivity index (χ4n) is 3.54. The van der Waals surface area contributed by atoms with Gasteiger partial charge in [-0.2, -0.15) is 18.2 Å². The van der Waals surface area contributed by atoms with Crippen molar-refractivity contribution in [3.05, 3.63) is 29.8 Å². The summed E-state index contributed by atoms with van der Waals surface area (Å²) in [6.07, 6.45) is -4.53. The molecule has 0 saturated carbocycles. The average molecular weight is 431 g/mol. The van der Waals surface area contributed by atoms with Crippen LogP contribution < -0.4 is 5.32 Å². The number of fused-ring (bicyclic) bond motifs is 1. The van der Waals surface area contributed by atoms with Crippen molar-refractivity contribution >= 4 is 23.4 Å². The Morgan fingerprint density at radius 2 is 2.00 bits per heavy atom. The van der Waals surface area contributed by atoms with Crippen LogP contribution in [0.5, 0.6) is 0 Å². The molecule has 3 heterocycles. The smallest absolute Gasteiger partial charge is 0.334 e. The van der Waals surface area contributed by atoms with Crippen LogP contribution in [-0.2, 0) is 6.18 Å². The van der Waals surface area contributed by atoms with Crippen LogP contribution in [-0.4, -0.2) is 51.3 Å². The molecule has 158 valence electrons. The number of nitrogens with zero attached hydrogens (tertiary/aromatic N) is 5. The quantitative estimate of drug-likeness (QED) is 0.683. The molecule has 11 heteroatoms. The second-order valence-corrected chi connectivity index (χ2v) is 7.26. The number of benzene rings is 1. The number of hydrogen-bond acceptors (Lipinski definition) is 6. The van der Waals surface area contributed by atoms with Crippen LogP contribution in [0.25, 0.3) is 22.5 Å². The van der Waals surface area contributed by atoms with E-state index in [1.807, 2.05) is 7.05 Å². The topological polar surface area (TPSA) is 72.0 Å². The van der Waals surface area contributed by atoms with E-state index in [1.165, 1.54) is 4.57 Å². The number of nitrogens with one attached hydrogen (secondary N) is 1. The Labute approximate surface area is 171 Å². The van der Waals surface area contributed by atoms with Gasteiger partial charge in [0.1, 0.15) is 0 Å². The van der Waals surface area contributed by atoms with Gasteiger partial charge >= 0.3 is 6.18 Å². The summed E-state index contributed by atoms with van der Waals surface area (Å²) >= 11 is 0. The van der Waals surface area contributed by atoms with Crippen molar-refractivity contribution < 1.29 is 17.7 Å². The lowest BCUT2D eigenvalue weighted by molar-refractivity contribution is -0.147. The first-order valence-electron chi connectivity index (χ1n) is 9.10. The number of halogens is 4. The van der Waals surface area contributed by atoms with Gasteiger partial charge in [-0.25, -0.2) is 4.98 Å². The van der Waals surface area contributed by atoms with Gasteiger partial charge in [0.2, 0.25) is 5.82 Å². The van der Waals surface area contributed by atoms with Crippen molar-refractivity contribution in [1.29, 1.82) is 0 Å². The van der Waals surface area contributed by atoms with Gasteiger partial charge in [0.25, 0.3) is 5.89 Å². The number of likely N-dealkylation sites (N-methyl/N-ethyl adjacent to an activating group) is 1. The number of piperazine rings is 1. The molecule has 7 nitrogen and oxygen atoms in total. The Kier molecular flexibility index (Phi) is 5.88. The molecule has 4 rings (SSSR count). The molecule has 0 aliphatic carbocycles. The van der Waals surface area contributed by atoms with Crippen LogP contribution in [0.4, 0.5) is 13.2 Å². The summed E-state index contributed by atoms with van der Waals surface area (Å²) in [7, 11) is 1.99. The molecule has 1 saturated heterocycles. The number of alkyl halides is 3. The fourth-order valence-corrected chi connectivity index (χ4v) is 3.54. The van der Waals surface area contributed by atoms with Crippen LogP contribution in [0.15, 0.2) is 22.7 Å². The van der Waals surface area contributed by atoms with E-state index in [0.29, 0.717) is 23.4 Å². The molecule has 3 aromatic rings. The normalized spacial score (nSPS) is 18.4. The van der Waals surface area contributed by atoms with E-state index in [1.54, 1.807) is 32.0 Å². The van der Waals surface area contributed by atoms with Crippen molar-refractivity contribution in [2.75, 3.05) is 26.7 Å². The van der Waals surface area contributed by atoms with Crippen molar-refractivity contribution in [3.63, 3.8) is 0 Å². The van der Waals surface area contributed by atoms with Crippen molar-refractivity contribution in [2.45, 2.75) is 32.1 Å². The summed E-state index contributed by atoms with van der Waals surface area (Å²) in [6, 6.07) is 4.47. The molecule has 1 aliphatic heterocycles. The van der Waals surface area contributed by atoms with Crippen LogP contribution in [0.3, 0.4) is 0 Å². The number of hydrogen-bond donors (Lipinski definition) is 1. The zero-order valence-electron chi connectivity index (χ0n) is 16.2. The summed E-state index contributed by atoms with van der Waals surface area (Å²) in [5.74, 6) is -0.0900. The number of imidazole rings is 1. The van der Waals surface area contributed by atoms with Crippen molar-refractivity contribution in [3.8, 4) is 11.5 Å². The van der Waals surface area contributed by atoms with Crippen LogP contribution in [0.1, 0.15) is 37.6 Å². The van der Waals surface area contributed by atoms with E-state index in [2.05, 4.69) is 25.3 Å². The largest absolute Gasteiger partial charge is 0.449 e. The molecule has 0 spiro atoms. The zero-order chi connectivity index (χ0) is 20.1. The van der Waals surface area contributed by atoms with Crippen molar-refractivity contribution in [1.82, 2.24) is 29.9 Å². The molecular formula is C18H22ClF3N6O. The summed E-state index contributed by atoms with van der Waals surface area (Å²) in [6.45, 7) is 5.87. The molecule has 1 aromatic carbocycles. The van der Waals surface area contributed by atoms with Gasteiger partial charge in [-0.05, 0) is 39.1 Å². The highest BCUT2D eigenvalue weighted by atomic mass is 35.5. The van der Waals surface area contributed by atoms with Gasteiger partial charge in [0.05, 0.1) is 17.1 Å². The molecule has 1 N–H and O–H groups in total. The maximum Gasteiger partial charge on any atom is 0.449 e. The van der Waals surface area contributed by atoms with E-state index in [0.717, 1.165) is 13.1 Å². The van der Waals surface area contributed by atoms with Crippen molar-refractivity contribution in [2.24, 2.45) is 0 Å². The first kappa shape index (κ1) is 21.5. The minimum atomic E-state index is -4.53. The molecule has 1 unspecified atom stereocenters. The van der Waals surface area contributed by atoms with E-state index in [9.17, 15) is 13.2 Å². The molecule has 1 atom stereocenters. The van der Waals surface area contributed by atoms with Gasteiger partial charge in [-0.15, -0.1) is 12.4 Å². The lowest BCUT2D eigenvalue weighted by atomic mass is 10.2. The Bertz CT molecular complexity index is 999. The van der Waals surface area contributed by atoms with E-state index >= 15 is 0 Å². The monoisotopic (exact) mass is 430 g/mol. The van der Waals surface area contributed by atoms with E-state index < -0.39 is 12.0 Å². The Balaban J connectivity index is 0.00000240. The van der Waals surface area contributed by atoms with Gasteiger partial charge in [0, 0.05) is 31.2 Å². The first-order valence-corrected chi connectivity index (χ1v) is 9.10. The highest BCUT2D eigenvalue weighted by Crippen LogP contribution is 2.35. The molecule has 1 aliphatic rings. The Morgan fingerprint density at radius 3 is 2.66 bits per heavy atom. The fraction of sp³-hybridized carbons (Fsp3) is 0.500. The molecule has 29 heavy (non-hydrogen) atoms. The zero-order valence-corrected chi connectivity index (χ0v) is 17.0. The van der Waals surface area contributed by atoms with Gasteiger partial charge in [-0.3, -0.25) is 4.90 Å². The van der Waals surface area contributed by atoms with Gasteiger partial charge < -0.3 is 14.4 Å². The lowest BCUT2D eigenvalue weighted by Crippen LogP contribution is -2.44. The summed E-state index contributed by atoms with van der Waals surface area (Å²) < 4.78 is 46.7. The molecule has 2 aromatic heterocycles. The molecule has 0 radical (unpaired) electrons. The summed E-state index contributed by atoms with van der Waals surface area (Å²) in [5, 5.41) is 7.35. The highest BCUT2D eigenvalue weighted by Gasteiger charge is 2.38. The lowest BCUT2D eigenvalue weighted by Gasteiger charge is -2.30. The molecular weight excluding hydrogens is 409 g/mol. The maximum absolute atomic E-state index is 13.4. The molecule has 1 fully saturated rings. The molecule has 0 amide bonds. The maximum atomic E-state index is 13.4. The van der Waals surface area contributed by atoms with E-state index in [-0.39, 0.29) is 35.9 Å². The Hall–Kier alpha value is -2.17. The SMILES string of the molecule is CC(C)n1c(C(F)(F)F)nc2cc(-c3nc(C4CNCCN4C)no3)ccc21.Cl. The Morgan fingerprint density at radius 1 is 1.24 bits per heavy atom. The predicted octanol–water partition coefficient (Wildman–Crippen LogP) is 3.68. The highest BCUT2D eigenvalue weighted by molar-refractivity contribution is 5.85. The summed E-state index contributed by atoms with van der Waals surface area (Å²) in [5.41, 5.74) is 1.21. The number of aromatic nitrogens is 4.